The van der Waals surface area contributed by atoms with Gasteiger partial charge in [0.1, 0.15) is 12.4 Å². The van der Waals surface area contributed by atoms with Crippen molar-refractivity contribution in [3.05, 3.63) is 35.7 Å². The fourth-order valence-corrected chi connectivity index (χ4v) is 1.54. The van der Waals surface area contributed by atoms with E-state index >= 15 is 0 Å². The van der Waals surface area contributed by atoms with Crippen LogP contribution in [0.1, 0.15) is 16.2 Å². The van der Waals surface area contributed by atoms with Crippen LogP contribution in [0.2, 0.25) is 0 Å². The van der Waals surface area contributed by atoms with Gasteiger partial charge in [-0.1, -0.05) is 12.1 Å². The number of nitrogens with two attached hydrogens (primary N) is 1. The van der Waals surface area contributed by atoms with Gasteiger partial charge in [0.25, 0.3) is 0 Å². The minimum atomic E-state index is 0.110. The maximum absolute atomic E-state index is 10.9. The number of carbonyl (C=O) groups excluding carboxylic acids is 1. The molecule has 1 heterocycles. The highest BCUT2D eigenvalue weighted by atomic mass is 16.5. The Hall–Kier alpha value is -2.70. The zero-order chi connectivity index (χ0) is 14.5. The standard InChI is InChI=1S/C13H15N5O2/c1-18(2)13-16-11(15-12(14)17-13)8-20-10-6-4-3-5-9(10)7-19/h3-7H,8H2,1-2H3,(H2,14,15,16,17). The summed E-state index contributed by atoms with van der Waals surface area (Å²) in [5.74, 6) is 1.47. The van der Waals surface area contributed by atoms with Crippen molar-refractivity contribution in [1.82, 2.24) is 15.0 Å². The lowest BCUT2D eigenvalue weighted by Gasteiger charge is -2.12. The summed E-state index contributed by atoms with van der Waals surface area (Å²) in [5.41, 5.74) is 6.10. The van der Waals surface area contributed by atoms with E-state index in [0.29, 0.717) is 23.1 Å². The summed E-state index contributed by atoms with van der Waals surface area (Å²) in [6, 6.07) is 6.94. The zero-order valence-corrected chi connectivity index (χ0v) is 11.3. The molecule has 7 nitrogen and oxygen atoms in total. The number of aromatic nitrogens is 3. The minimum Gasteiger partial charge on any atom is -0.485 e. The Morgan fingerprint density at radius 2 is 2.00 bits per heavy atom. The monoisotopic (exact) mass is 273 g/mol. The van der Waals surface area contributed by atoms with E-state index in [0.717, 1.165) is 6.29 Å². The molecule has 1 aromatic heterocycles. The quantitative estimate of drug-likeness (QED) is 0.809. The van der Waals surface area contributed by atoms with Crippen molar-refractivity contribution >= 4 is 18.2 Å². The molecule has 20 heavy (non-hydrogen) atoms. The molecule has 0 saturated heterocycles. The van der Waals surface area contributed by atoms with Crippen molar-refractivity contribution < 1.29 is 9.53 Å². The van der Waals surface area contributed by atoms with Crippen LogP contribution < -0.4 is 15.4 Å². The van der Waals surface area contributed by atoms with Gasteiger partial charge < -0.3 is 15.4 Å². The second kappa shape index (κ2) is 5.96. The van der Waals surface area contributed by atoms with Crippen molar-refractivity contribution in [1.29, 1.82) is 0 Å². The molecular formula is C13H15N5O2. The third-order valence-corrected chi connectivity index (χ3v) is 2.49. The second-order valence-corrected chi connectivity index (χ2v) is 4.25. The molecule has 2 rings (SSSR count). The summed E-state index contributed by atoms with van der Waals surface area (Å²) < 4.78 is 5.55. The van der Waals surface area contributed by atoms with Gasteiger partial charge >= 0.3 is 0 Å². The number of ether oxygens (including phenoxy) is 1. The van der Waals surface area contributed by atoms with Gasteiger partial charge in [0.05, 0.1) is 5.56 Å². The number of nitrogens with zero attached hydrogens (tertiary/aromatic N) is 4. The first-order chi connectivity index (χ1) is 9.60. The maximum atomic E-state index is 10.9. The number of hydrogen-bond donors (Lipinski definition) is 1. The van der Waals surface area contributed by atoms with E-state index in [1.54, 1.807) is 43.3 Å². The van der Waals surface area contributed by atoms with Crippen molar-refractivity contribution in [2.75, 3.05) is 24.7 Å². The Labute approximate surface area is 116 Å². The molecule has 1 aromatic carbocycles. The summed E-state index contributed by atoms with van der Waals surface area (Å²) in [5, 5.41) is 0. The third-order valence-electron chi connectivity index (χ3n) is 2.49. The third kappa shape index (κ3) is 3.19. The van der Waals surface area contributed by atoms with Crippen molar-refractivity contribution in [3.63, 3.8) is 0 Å². The smallest absolute Gasteiger partial charge is 0.230 e. The van der Waals surface area contributed by atoms with Crippen LogP contribution >= 0.6 is 0 Å². The van der Waals surface area contributed by atoms with E-state index < -0.39 is 0 Å². The topological polar surface area (TPSA) is 94.2 Å². The molecule has 104 valence electrons. The molecule has 2 aromatic rings. The number of aldehydes is 1. The van der Waals surface area contributed by atoms with Gasteiger partial charge in [-0.2, -0.15) is 15.0 Å². The highest BCUT2D eigenvalue weighted by molar-refractivity contribution is 5.79. The van der Waals surface area contributed by atoms with E-state index in [1.165, 1.54) is 0 Å². The molecule has 0 radical (unpaired) electrons. The molecular weight excluding hydrogens is 258 g/mol. The highest BCUT2D eigenvalue weighted by Crippen LogP contribution is 2.17. The molecule has 0 saturated carbocycles. The number of benzene rings is 1. The highest BCUT2D eigenvalue weighted by Gasteiger charge is 2.08. The van der Waals surface area contributed by atoms with Crippen molar-refractivity contribution in [3.8, 4) is 5.75 Å². The molecule has 0 amide bonds. The average Bonchev–Trinajstić information content (AvgIpc) is 2.44. The SMILES string of the molecule is CN(C)c1nc(N)nc(COc2ccccc2C=O)n1. The molecule has 0 fully saturated rings. The predicted molar refractivity (Wildman–Crippen MR) is 74.7 cm³/mol. The van der Waals surface area contributed by atoms with Crippen LogP contribution in [-0.2, 0) is 6.61 Å². The number of rotatable bonds is 5. The second-order valence-electron chi connectivity index (χ2n) is 4.25. The zero-order valence-electron chi connectivity index (χ0n) is 11.3. The van der Waals surface area contributed by atoms with Crippen LogP contribution in [0.3, 0.4) is 0 Å². The van der Waals surface area contributed by atoms with E-state index in [9.17, 15) is 4.79 Å². The number of hydrogen-bond acceptors (Lipinski definition) is 7. The van der Waals surface area contributed by atoms with Gasteiger partial charge in [0.2, 0.25) is 11.9 Å². The molecule has 0 unspecified atom stereocenters. The van der Waals surface area contributed by atoms with Crippen LogP contribution in [0.15, 0.2) is 24.3 Å². The lowest BCUT2D eigenvalue weighted by molar-refractivity contribution is 0.111. The fraction of sp³-hybridized carbons (Fsp3) is 0.231. The Balaban J connectivity index is 2.16. The summed E-state index contributed by atoms with van der Waals surface area (Å²) in [4.78, 5) is 24.8. The minimum absolute atomic E-state index is 0.110. The summed E-state index contributed by atoms with van der Waals surface area (Å²) in [6.07, 6.45) is 0.738. The van der Waals surface area contributed by atoms with Crippen LogP contribution in [0.5, 0.6) is 5.75 Å². The lowest BCUT2D eigenvalue weighted by Crippen LogP contribution is -2.17. The summed E-state index contributed by atoms with van der Waals surface area (Å²) in [7, 11) is 3.61. The van der Waals surface area contributed by atoms with E-state index in [2.05, 4.69) is 15.0 Å². The molecule has 0 atom stereocenters. The normalized spacial score (nSPS) is 10.1. The van der Waals surface area contributed by atoms with Gasteiger partial charge in [-0.15, -0.1) is 0 Å². The average molecular weight is 273 g/mol. The van der Waals surface area contributed by atoms with Gasteiger partial charge in [-0.3, -0.25) is 4.79 Å². The molecule has 7 heteroatoms. The van der Waals surface area contributed by atoms with E-state index in [4.69, 9.17) is 10.5 Å². The molecule has 0 bridgehead atoms. The predicted octanol–water partition coefficient (Wildman–Crippen LogP) is 0.911. The maximum Gasteiger partial charge on any atom is 0.230 e. The van der Waals surface area contributed by atoms with Crippen molar-refractivity contribution in [2.24, 2.45) is 0 Å². The van der Waals surface area contributed by atoms with E-state index in [-0.39, 0.29) is 12.6 Å². The number of carbonyl (C=O) groups is 1. The number of nitrogen functional groups attached to an aromatic ring is 1. The van der Waals surface area contributed by atoms with Crippen LogP contribution in [-0.4, -0.2) is 35.3 Å². The molecule has 0 aliphatic rings. The Kier molecular flexibility index (Phi) is 4.09. The van der Waals surface area contributed by atoms with Crippen molar-refractivity contribution in [2.45, 2.75) is 6.61 Å². The fourth-order valence-electron chi connectivity index (χ4n) is 1.54. The first-order valence-electron chi connectivity index (χ1n) is 5.95. The largest absolute Gasteiger partial charge is 0.485 e. The van der Waals surface area contributed by atoms with Gasteiger partial charge in [-0.05, 0) is 12.1 Å². The Bertz CT molecular complexity index is 615. The van der Waals surface area contributed by atoms with Crippen LogP contribution in [0, 0.1) is 0 Å². The summed E-state index contributed by atoms with van der Waals surface area (Å²) in [6.45, 7) is 0.110. The number of anilines is 2. The lowest BCUT2D eigenvalue weighted by atomic mass is 10.2. The van der Waals surface area contributed by atoms with Gasteiger partial charge in [0.15, 0.2) is 12.1 Å². The van der Waals surface area contributed by atoms with Crippen LogP contribution in [0.4, 0.5) is 11.9 Å². The van der Waals surface area contributed by atoms with Gasteiger partial charge in [-0.25, -0.2) is 0 Å². The molecule has 0 spiro atoms. The number of para-hydroxylation sites is 1. The van der Waals surface area contributed by atoms with Gasteiger partial charge in [0, 0.05) is 14.1 Å². The molecule has 0 aliphatic heterocycles. The van der Waals surface area contributed by atoms with E-state index in [1.807, 2.05) is 0 Å². The molecule has 2 N–H and O–H groups in total. The Morgan fingerprint density at radius 1 is 1.25 bits per heavy atom. The molecule has 0 aliphatic carbocycles. The summed E-state index contributed by atoms with van der Waals surface area (Å²) >= 11 is 0. The first-order valence-corrected chi connectivity index (χ1v) is 5.95. The first kappa shape index (κ1) is 13.7. The van der Waals surface area contributed by atoms with Crippen LogP contribution in [0.25, 0.3) is 0 Å². The Morgan fingerprint density at radius 3 is 2.70 bits per heavy atom.